The number of carboxylic acids is 1. The molecule has 7 nitrogen and oxygen atoms in total. The number of carbonyl (C=O) groups is 3. The van der Waals surface area contributed by atoms with Gasteiger partial charge < -0.3 is 20.9 Å². The van der Waals surface area contributed by atoms with Crippen molar-refractivity contribution in [1.29, 1.82) is 0 Å². The molecule has 4 N–H and O–H groups in total. The van der Waals surface area contributed by atoms with E-state index in [1.165, 1.54) is 30.3 Å². The number of carboxylic acid groups (broad SMARTS) is 1. The highest BCUT2D eigenvalue weighted by atomic mass is 16.5. The number of benzene rings is 2. The third kappa shape index (κ3) is 3.60. The summed E-state index contributed by atoms with van der Waals surface area (Å²) in [5, 5.41) is 11.5. The first-order valence-corrected chi connectivity index (χ1v) is 6.15. The van der Waals surface area contributed by atoms with Crippen molar-refractivity contribution < 1.29 is 24.2 Å². The quantitative estimate of drug-likeness (QED) is 0.572. The Balaban J connectivity index is 2.27. The molecule has 0 radical (unpaired) electrons. The first kappa shape index (κ1) is 15.0. The summed E-state index contributed by atoms with van der Waals surface area (Å²) in [7, 11) is 0. The second kappa shape index (κ2) is 6.40. The summed E-state index contributed by atoms with van der Waals surface area (Å²) in [6.45, 7) is 0.173. The number of hydrogen-bond acceptors (Lipinski definition) is 5. The topological polar surface area (TPSA) is 119 Å². The second-order valence-corrected chi connectivity index (χ2v) is 4.34. The Morgan fingerprint density at radius 3 is 2.36 bits per heavy atom. The van der Waals surface area contributed by atoms with E-state index in [0.29, 0.717) is 11.3 Å². The van der Waals surface area contributed by atoms with E-state index >= 15 is 0 Å². The monoisotopic (exact) mass is 300 g/mol. The van der Waals surface area contributed by atoms with E-state index in [4.69, 9.17) is 10.8 Å². The molecule has 22 heavy (non-hydrogen) atoms. The molecule has 0 fully saturated rings. The molecule has 0 bridgehead atoms. The van der Waals surface area contributed by atoms with Crippen LogP contribution in [0.2, 0.25) is 0 Å². The fourth-order valence-electron chi connectivity index (χ4n) is 1.76. The van der Waals surface area contributed by atoms with Gasteiger partial charge in [0.1, 0.15) is 5.75 Å². The fourth-order valence-corrected chi connectivity index (χ4v) is 1.76. The Bertz CT molecular complexity index is 725. The number of nitrogens with one attached hydrogen (secondary N) is 1. The number of hydrogen-bond donors (Lipinski definition) is 3. The maximum absolute atomic E-state index is 12.1. The fraction of sp³-hybridized carbons (Fsp3) is 0. The van der Waals surface area contributed by atoms with Crippen molar-refractivity contribution in [2.24, 2.45) is 0 Å². The number of nitrogens with two attached hydrogens (primary N) is 1. The van der Waals surface area contributed by atoms with Gasteiger partial charge in [-0.15, -0.1) is 0 Å². The maximum Gasteiger partial charge on any atom is 0.335 e. The lowest BCUT2D eigenvalue weighted by molar-refractivity contribution is -0.120. The van der Waals surface area contributed by atoms with Crippen molar-refractivity contribution in [2.75, 3.05) is 11.1 Å². The third-order valence-electron chi connectivity index (χ3n) is 2.77. The van der Waals surface area contributed by atoms with Crippen LogP contribution in [0.5, 0.6) is 5.75 Å². The molecular weight excluding hydrogens is 288 g/mol. The molecule has 0 heterocycles. The summed E-state index contributed by atoms with van der Waals surface area (Å²) in [6, 6.07) is 10.00. The van der Waals surface area contributed by atoms with Gasteiger partial charge in [0.25, 0.3) is 12.4 Å². The first-order valence-electron chi connectivity index (χ1n) is 6.15. The third-order valence-corrected chi connectivity index (χ3v) is 2.77. The van der Waals surface area contributed by atoms with Crippen molar-refractivity contribution in [3.8, 4) is 5.75 Å². The van der Waals surface area contributed by atoms with Crippen LogP contribution in [-0.2, 0) is 4.79 Å². The summed E-state index contributed by atoms with van der Waals surface area (Å²) >= 11 is 0. The van der Waals surface area contributed by atoms with Crippen LogP contribution in [0.4, 0.5) is 11.4 Å². The number of aromatic carboxylic acids is 1. The number of rotatable bonds is 5. The van der Waals surface area contributed by atoms with Crippen LogP contribution in [-0.4, -0.2) is 23.5 Å². The zero-order valence-electron chi connectivity index (χ0n) is 11.3. The van der Waals surface area contributed by atoms with Gasteiger partial charge in [0.15, 0.2) is 0 Å². The molecule has 0 saturated heterocycles. The van der Waals surface area contributed by atoms with E-state index in [1.807, 2.05) is 0 Å². The van der Waals surface area contributed by atoms with Gasteiger partial charge in [-0.2, -0.15) is 0 Å². The highest BCUT2D eigenvalue weighted by Crippen LogP contribution is 2.21. The smallest absolute Gasteiger partial charge is 0.335 e. The second-order valence-electron chi connectivity index (χ2n) is 4.34. The molecule has 2 aromatic rings. The number of nitrogen functional groups attached to an aromatic ring is 1. The van der Waals surface area contributed by atoms with Crippen LogP contribution in [0.3, 0.4) is 0 Å². The predicted molar refractivity (Wildman–Crippen MR) is 78.9 cm³/mol. The van der Waals surface area contributed by atoms with Crippen LogP contribution in [0.1, 0.15) is 20.7 Å². The van der Waals surface area contributed by atoms with Crippen LogP contribution in [0, 0.1) is 0 Å². The van der Waals surface area contributed by atoms with E-state index in [-0.39, 0.29) is 23.5 Å². The van der Waals surface area contributed by atoms with Crippen molar-refractivity contribution in [3.63, 3.8) is 0 Å². The number of ether oxygens (including phenoxy) is 1. The molecular formula is C15H12N2O5. The van der Waals surface area contributed by atoms with Gasteiger partial charge in [-0.25, -0.2) is 4.79 Å². The van der Waals surface area contributed by atoms with Gasteiger partial charge in [-0.3, -0.25) is 9.59 Å². The summed E-state index contributed by atoms with van der Waals surface area (Å²) in [6.07, 6.45) is 0. The molecule has 0 aliphatic rings. The minimum absolute atomic E-state index is 0.0162. The Hall–Kier alpha value is -3.35. The molecule has 0 spiro atoms. The summed E-state index contributed by atoms with van der Waals surface area (Å²) < 4.78 is 4.63. The Kier molecular flexibility index (Phi) is 4.38. The normalized spacial score (nSPS) is 9.82. The van der Waals surface area contributed by atoms with Gasteiger partial charge in [0.05, 0.1) is 5.56 Å². The molecule has 0 aliphatic carbocycles. The lowest BCUT2D eigenvalue weighted by Crippen LogP contribution is -2.12. The molecule has 2 aromatic carbocycles. The Labute approximate surface area is 125 Å². The van der Waals surface area contributed by atoms with E-state index in [1.54, 1.807) is 12.1 Å². The van der Waals surface area contributed by atoms with Gasteiger partial charge in [0.2, 0.25) is 0 Å². The number of anilines is 2. The van der Waals surface area contributed by atoms with Crippen molar-refractivity contribution in [3.05, 3.63) is 53.6 Å². The van der Waals surface area contributed by atoms with Crippen LogP contribution >= 0.6 is 0 Å². The Morgan fingerprint density at radius 2 is 1.77 bits per heavy atom. The molecule has 7 heteroatoms. The molecule has 0 saturated carbocycles. The molecule has 0 unspecified atom stereocenters. The molecule has 1 amide bonds. The highest BCUT2D eigenvalue weighted by Gasteiger charge is 2.11. The maximum atomic E-state index is 12.1. The van der Waals surface area contributed by atoms with E-state index in [0.717, 1.165) is 0 Å². The highest BCUT2D eigenvalue weighted by molar-refractivity contribution is 6.05. The molecule has 0 aromatic heterocycles. The van der Waals surface area contributed by atoms with Crippen molar-refractivity contribution in [1.82, 2.24) is 0 Å². The minimum atomic E-state index is -1.21. The number of amides is 1. The van der Waals surface area contributed by atoms with E-state index in [9.17, 15) is 14.4 Å². The van der Waals surface area contributed by atoms with Gasteiger partial charge in [-0.1, -0.05) is 0 Å². The molecule has 2 rings (SSSR count). The van der Waals surface area contributed by atoms with Gasteiger partial charge >= 0.3 is 5.97 Å². The summed E-state index contributed by atoms with van der Waals surface area (Å²) in [5.41, 5.74) is 6.49. The average molecular weight is 300 g/mol. The van der Waals surface area contributed by atoms with Crippen LogP contribution in [0.25, 0.3) is 0 Å². The predicted octanol–water partition coefficient (Wildman–Crippen LogP) is 1.75. The van der Waals surface area contributed by atoms with Gasteiger partial charge in [-0.05, 0) is 36.4 Å². The summed E-state index contributed by atoms with van der Waals surface area (Å²) in [5.74, 6) is -1.64. The van der Waals surface area contributed by atoms with Crippen LogP contribution in [0.15, 0.2) is 42.5 Å². The zero-order valence-corrected chi connectivity index (χ0v) is 11.3. The lowest BCUT2D eigenvalue weighted by atomic mass is 10.1. The number of carbonyl (C=O) groups excluding carboxylic acids is 2. The standard InChI is InChI=1S/C15H12N2O5/c16-11-3-1-9(2-4-11)14(19)17-12-5-10(15(20)21)6-13(7-12)22-8-18/h1-8H,16H2,(H,17,19)(H,20,21). The molecule has 0 atom stereocenters. The van der Waals surface area contributed by atoms with Crippen molar-refractivity contribution in [2.45, 2.75) is 0 Å². The van der Waals surface area contributed by atoms with E-state index < -0.39 is 11.9 Å². The van der Waals surface area contributed by atoms with E-state index in [2.05, 4.69) is 10.1 Å². The summed E-state index contributed by atoms with van der Waals surface area (Å²) in [4.78, 5) is 33.5. The SMILES string of the molecule is Nc1ccc(C(=O)Nc2cc(OC=O)cc(C(=O)O)c2)cc1. The van der Waals surface area contributed by atoms with Crippen LogP contribution < -0.4 is 15.8 Å². The average Bonchev–Trinajstić information content (AvgIpc) is 2.48. The molecule has 112 valence electrons. The van der Waals surface area contributed by atoms with Crippen molar-refractivity contribution >= 4 is 29.7 Å². The minimum Gasteiger partial charge on any atom is -0.478 e. The lowest BCUT2D eigenvalue weighted by Gasteiger charge is -2.08. The van der Waals surface area contributed by atoms with Gasteiger partial charge in [0, 0.05) is 23.0 Å². The largest absolute Gasteiger partial charge is 0.478 e. The zero-order chi connectivity index (χ0) is 16.1. The molecule has 0 aliphatic heterocycles. The Morgan fingerprint density at radius 1 is 1.09 bits per heavy atom. The first-order chi connectivity index (χ1) is 10.5.